The van der Waals surface area contributed by atoms with Crippen molar-refractivity contribution in [3.8, 4) is 12.3 Å². The third kappa shape index (κ3) is 7.14. The third-order valence-electron chi connectivity index (χ3n) is 1.54. The van der Waals surface area contributed by atoms with Crippen molar-refractivity contribution in [2.75, 3.05) is 6.54 Å². The Morgan fingerprint density at radius 3 is 2.75 bits per heavy atom. The second kappa shape index (κ2) is 6.72. The van der Waals surface area contributed by atoms with Crippen LogP contribution in [-0.4, -0.2) is 12.5 Å². The van der Waals surface area contributed by atoms with Crippen LogP contribution < -0.4 is 5.32 Å². The lowest BCUT2D eigenvalue weighted by Crippen LogP contribution is -2.24. The molecular formula is C10H17NO. The lowest BCUT2D eigenvalue weighted by atomic mass is 10.1. The van der Waals surface area contributed by atoms with Crippen LogP contribution in [-0.2, 0) is 4.79 Å². The molecule has 0 aliphatic carbocycles. The molecule has 0 saturated carbocycles. The van der Waals surface area contributed by atoms with Crippen molar-refractivity contribution in [1.29, 1.82) is 0 Å². The number of rotatable bonds is 5. The van der Waals surface area contributed by atoms with Crippen LogP contribution in [0.1, 0.15) is 33.1 Å². The van der Waals surface area contributed by atoms with Crippen LogP contribution in [0.25, 0.3) is 0 Å². The minimum absolute atomic E-state index is 0.110. The summed E-state index contributed by atoms with van der Waals surface area (Å²) in [6, 6.07) is 0. The van der Waals surface area contributed by atoms with Crippen LogP contribution in [0.5, 0.6) is 0 Å². The van der Waals surface area contributed by atoms with Crippen molar-refractivity contribution in [2.45, 2.75) is 33.1 Å². The zero-order valence-electron chi connectivity index (χ0n) is 7.89. The lowest BCUT2D eigenvalue weighted by Gasteiger charge is -2.04. The summed E-state index contributed by atoms with van der Waals surface area (Å²) in [5, 5.41) is 2.76. The average Bonchev–Trinajstić information content (AvgIpc) is 2.01. The summed E-state index contributed by atoms with van der Waals surface area (Å²) in [6.07, 6.45) is 7.21. The van der Waals surface area contributed by atoms with E-state index in [9.17, 15) is 4.79 Å². The minimum atomic E-state index is 0.110. The van der Waals surface area contributed by atoms with E-state index in [1.165, 1.54) is 0 Å². The number of hydrogen-bond acceptors (Lipinski definition) is 1. The fraction of sp³-hybridized carbons (Fsp3) is 0.700. The summed E-state index contributed by atoms with van der Waals surface area (Å²) >= 11 is 0. The Morgan fingerprint density at radius 2 is 2.25 bits per heavy atom. The van der Waals surface area contributed by atoms with Gasteiger partial charge in [0.15, 0.2) is 0 Å². The third-order valence-corrected chi connectivity index (χ3v) is 1.54. The molecule has 0 aromatic carbocycles. The van der Waals surface area contributed by atoms with E-state index >= 15 is 0 Å². The van der Waals surface area contributed by atoms with E-state index in [1.807, 2.05) is 0 Å². The van der Waals surface area contributed by atoms with Gasteiger partial charge in [0.1, 0.15) is 0 Å². The van der Waals surface area contributed by atoms with Crippen LogP contribution in [0.15, 0.2) is 0 Å². The maximum absolute atomic E-state index is 11.0. The van der Waals surface area contributed by atoms with Crippen LogP contribution in [0.3, 0.4) is 0 Å². The van der Waals surface area contributed by atoms with Gasteiger partial charge in [0.2, 0.25) is 5.91 Å². The Morgan fingerprint density at radius 1 is 1.58 bits per heavy atom. The molecule has 0 rings (SSSR count). The highest BCUT2D eigenvalue weighted by Crippen LogP contribution is 2.02. The summed E-state index contributed by atoms with van der Waals surface area (Å²) < 4.78 is 0. The largest absolute Gasteiger partial charge is 0.355 e. The molecule has 0 heterocycles. The Labute approximate surface area is 74.7 Å². The number of nitrogens with one attached hydrogen (secondary N) is 1. The predicted molar refractivity (Wildman–Crippen MR) is 50.5 cm³/mol. The molecule has 12 heavy (non-hydrogen) atoms. The molecule has 0 unspecified atom stereocenters. The molecule has 2 heteroatoms. The van der Waals surface area contributed by atoms with Gasteiger partial charge in [-0.05, 0) is 12.3 Å². The van der Waals surface area contributed by atoms with Gasteiger partial charge in [-0.25, -0.2) is 0 Å². The SMILES string of the molecule is C#CCCNC(=O)CCC(C)C. The standard InChI is InChI=1S/C10H17NO/c1-4-5-8-11-10(12)7-6-9(2)3/h1,9H,5-8H2,2-3H3,(H,11,12). The molecular weight excluding hydrogens is 150 g/mol. The quantitative estimate of drug-likeness (QED) is 0.488. The summed E-state index contributed by atoms with van der Waals surface area (Å²) in [5.74, 6) is 3.17. The number of carbonyl (C=O) groups excluding carboxylic acids is 1. The van der Waals surface area contributed by atoms with Gasteiger partial charge in [-0.3, -0.25) is 4.79 Å². The van der Waals surface area contributed by atoms with Gasteiger partial charge in [0.25, 0.3) is 0 Å². The van der Waals surface area contributed by atoms with Gasteiger partial charge < -0.3 is 5.32 Å². The molecule has 1 amide bonds. The summed E-state index contributed by atoms with van der Waals surface area (Å²) in [6.45, 7) is 4.82. The molecule has 0 aliphatic rings. The van der Waals surface area contributed by atoms with Crippen molar-refractivity contribution in [3.05, 3.63) is 0 Å². The Balaban J connectivity index is 3.29. The van der Waals surface area contributed by atoms with Crippen molar-refractivity contribution in [1.82, 2.24) is 5.32 Å². The van der Waals surface area contributed by atoms with E-state index < -0.39 is 0 Å². The molecule has 0 radical (unpaired) electrons. The molecule has 0 atom stereocenters. The molecule has 0 bridgehead atoms. The van der Waals surface area contributed by atoms with Crippen LogP contribution in [0.2, 0.25) is 0 Å². The molecule has 0 fully saturated rings. The Bertz CT molecular complexity index is 167. The zero-order valence-corrected chi connectivity index (χ0v) is 7.89. The van der Waals surface area contributed by atoms with E-state index in [0.717, 1.165) is 6.42 Å². The maximum Gasteiger partial charge on any atom is 0.220 e. The van der Waals surface area contributed by atoms with Gasteiger partial charge in [0.05, 0.1) is 0 Å². The van der Waals surface area contributed by atoms with Crippen molar-refractivity contribution in [3.63, 3.8) is 0 Å². The monoisotopic (exact) mass is 167 g/mol. The molecule has 0 aromatic heterocycles. The lowest BCUT2D eigenvalue weighted by molar-refractivity contribution is -0.121. The second-order valence-electron chi connectivity index (χ2n) is 3.24. The van der Waals surface area contributed by atoms with E-state index in [4.69, 9.17) is 6.42 Å². The molecule has 68 valence electrons. The van der Waals surface area contributed by atoms with E-state index in [-0.39, 0.29) is 5.91 Å². The summed E-state index contributed by atoms with van der Waals surface area (Å²) in [7, 11) is 0. The highest BCUT2D eigenvalue weighted by atomic mass is 16.1. The van der Waals surface area contributed by atoms with Gasteiger partial charge in [-0.15, -0.1) is 12.3 Å². The number of hydrogen-bond donors (Lipinski definition) is 1. The number of terminal acetylenes is 1. The first-order chi connectivity index (χ1) is 5.66. The molecule has 0 aliphatic heterocycles. The second-order valence-corrected chi connectivity index (χ2v) is 3.24. The Hall–Kier alpha value is -0.970. The fourth-order valence-electron chi connectivity index (χ4n) is 0.782. The van der Waals surface area contributed by atoms with Crippen molar-refractivity contribution in [2.24, 2.45) is 5.92 Å². The maximum atomic E-state index is 11.0. The molecule has 0 spiro atoms. The highest BCUT2D eigenvalue weighted by molar-refractivity contribution is 5.75. The zero-order chi connectivity index (χ0) is 9.40. The van der Waals surface area contributed by atoms with E-state index in [1.54, 1.807) is 0 Å². The first-order valence-electron chi connectivity index (χ1n) is 4.37. The normalized spacial score (nSPS) is 9.50. The first kappa shape index (κ1) is 11.0. The minimum Gasteiger partial charge on any atom is -0.355 e. The van der Waals surface area contributed by atoms with E-state index in [0.29, 0.717) is 25.3 Å². The van der Waals surface area contributed by atoms with Crippen LogP contribution in [0.4, 0.5) is 0 Å². The van der Waals surface area contributed by atoms with Crippen LogP contribution in [0, 0.1) is 18.3 Å². The first-order valence-corrected chi connectivity index (χ1v) is 4.37. The average molecular weight is 167 g/mol. The van der Waals surface area contributed by atoms with Crippen LogP contribution >= 0.6 is 0 Å². The summed E-state index contributed by atoms with van der Waals surface area (Å²) in [5.41, 5.74) is 0. The molecule has 0 saturated heterocycles. The van der Waals surface area contributed by atoms with E-state index in [2.05, 4.69) is 25.1 Å². The van der Waals surface area contributed by atoms with Gasteiger partial charge in [-0.2, -0.15) is 0 Å². The highest BCUT2D eigenvalue weighted by Gasteiger charge is 2.01. The van der Waals surface area contributed by atoms with Crippen molar-refractivity contribution < 1.29 is 4.79 Å². The smallest absolute Gasteiger partial charge is 0.220 e. The molecule has 2 nitrogen and oxygen atoms in total. The molecule has 1 N–H and O–H groups in total. The van der Waals surface area contributed by atoms with Gasteiger partial charge in [0, 0.05) is 19.4 Å². The topological polar surface area (TPSA) is 29.1 Å². The number of carbonyl (C=O) groups is 1. The molecule has 0 aromatic rings. The Kier molecular flexibility index (Phi) is 6.18. The van der Waals surface area contributed by atoms with Crippen molar-refractivity contribution >= 4 is 5.91 Å². The van der Waals surface area contributed by atoms with Gasteiger partial charge >= 0.3 is 0 Å². The fourth-order valence-corrected chi connectivity index (χ4v) is 0.782. The summed E-state index contributed by atoms with van der Waals surface area (Å²) in [4.78, 5) is 11.0. The predicted octanol–water partition coefficient (Wildman–Crippen LogP) is 1.56. The number of amides is 1. The van der Waals surface area contributed by atoms with Gasteiger partial charge in [-0.1, -0.05) is 13.8 Å².